The molecule has 0 aliphatic carbocycles. The molecule has 4 nitrogen and oxygen atoms in total. The highest BCUT2D eigenvalue weighted by Crippen LogP contribution is 2.21. The van der Waals surface area contributed by atoms with Gasteiger partial charge in [-0.05, 0) is 31.5 Å². The van der Waals surface area contributed by atoms with Crippen LogP contribution in [0.25, 0.3) is 0 Å². The van der Waals surface area contributed by atoms with Crippen molar-refractivity contribution in [2.75, 3.05) is 5.32 Å². The zero-order chi connectivity index (χ0) is 18.2. The number of nitriles is 1. The van der Waals surface area contributed by atoms with Gasteiger partial charge in [0.2, 0.25) is 0 Å². The summed E-state index contributed by atoms with van der Waals surface area (Å²) < 4.78 is 0. The number of amides is 1. The number of halogens is 1. The van der Waals surface area contributed by atoms with Crippen molar-refractivity contribution >= 4 is 23.2 Å². The van der Waals surface area contributed by atoms with Gasteiger partial charge >= 0.3 is 0 Å². The highest BCUT2D eigenvalue weighted by atomic mass is 35.5. The summed E-state index contributed by atoms with van der Waals surface area (Å²) in [4.78, 5) is 14.4. The highest BCUT2D eigenvalue weighted by Gasteiger charge is 2.14. The van der Waals surface area contributed by atoms with E-state index in [2.05, 4.69) is 5.32 Å². The molecule has 1 N–H and O–H groups in total. The predicted molar refractivity (Wildman–Crippen MR) is 101 cm³/mol. The van der Waals surface area contributed by atoms with Crippen molar-refractivity contribution in [3.63, 3.8) is 0 Å². The van der Waals surface area contributed by atoms with E-state index in [4.69, 9.17) is 11.6 Å². The Morgan fingerprint density at radius 3 is 2.44 bits per heavy atom. The summed E-state index contributed by atoms with van der Waals surface area (Å²) in [5.74, 6) is -0.477. The second kappa shape index (κ2) is 8.91. The van der Waals surface area contributed by atoms with Crippen LogP contribution in [0.4, 0.5) is 5.69 Å². The van der Waals surface area contributed by atoms with Crippen molar-refractivity contribution in [3.05, 3.63) is 77.0 Å². The normalized spacial score (nSPS) is 11.1. The quantitative estimate of drug-likeness (QED) is 0.610. The Bertz CT molecular complexity index is 794. The van der Waals surface area contributed by atoms with Gasteiger partial charge in [0.05, 0.1) is 10.7 Å². The number of hydrogen-bond donors (Lipinski definition) is 1. The molecule has 0 spiro atoms. The number of rotatable bonds is 6. The fourth-order valence-electron chi connectivity index (χ4n) is 2.23. The second-order valence-electron chi connectivity index (χ2n) is 5.84. The third-order valence-electron chi connectivity index (χ3n) is 3.65. The zero-order valence-electron chi connectivity index (χ0n) is 14.2. The van der Waals surface area contributed by atoms with Crippen molar-refractivity contribution in [1.29, 1.82) is 5.26 Å². The molecule has 0 saturated heterocycles. The number of carbonyl (C=O) groups is 1. The molecule has 1 amide bonds. The third-order valence-corrected chi connectivity index (χ3v) is 3.98. The molecular weight excluding hydrogens is 334 g/mol. The van der Waals surface area contributed by atoms with Crippen molar-refractivity contribution in [2.24, 2.45) is 0 Å². The summed E-state index contributed by atoms with van der Waals surface area (Å²) in [6.45, 7) is 4.64. The SMILES string of the molecule is CC(C)N(/C=C(/C#N)C(=O)Nc1ccccc1Cl)Cc1ccccc1. The average Bonchev–Trinajstić information content (AvgIpc) is 2.61. The van der Waals surface area contributed by atoms with Gasteiger partial charge in [-0.15, -0.1) is 0 Å². The molecule has 0 aliphatic heterocycles. The van der Waals surface area contributed by atoms with E-state index in [9.17, 15) is 10.1 Å². The molecule has 2 aromatic rings. The van der Waals surface area contributed by atoms with Crippen LogP contribution in [0.5, 0.6) is 0 Å². The minimum Gasteiger partial charge on any atom is -0.369 e. The lowest BCUT2D eigenvalue weighted by Crippen LogP contribution is -2.27. The second-order valence-corrected chi connectivity index (χ2v) is 6.25. The van der Waals surface area contributed by atoms with E-state index >= 15 is 0 Å². The van der Waals surface area contributed by atoms with E-state index in [0.29, 0.717) is 17.3 Å². The molecule has 0 aliphatic rings. The van der Waals surface area contributed by atoms with Crippen LogP contribution >= 0.6 is 11.6 Å². The smallest absolute Gasteiger partial charge is 0.267 e. The van der Waals surface area contributed by atoms with Gasteiger partial charge in [0.1, 0.15) is 11.6 Å². The fraction of sp³-hybridized carbons (Fsp3) is 0.200. The molecule has 2 aromatic carbocycles. The first-order valence-electron chi connectivity index (χ1n) is 7.98. The fourth-order valence-corrected chi connectivity index (χ4v) is 2.41. The lowest BCUT2D eigenvalue weighted by atomic mass is 10.2. The van der Waals surface area contributed by atoms with Gasteiger partial charge in [-0.3, -0.25) is 4.79 Å². The van der Waals surface area contributed by atoms with Gasteiger partial charge in [0.25, 0.3) is 5.91 Å². The molecule has 128 valence electrons. The number of nitrogens with zero attached hydrogens (tertiary/aromatic N) is 2. The topological polar surface area (TPSA) is 56.1 Å². The van der Waals surface area contributed by atoms with E-state index in [1.54, 1.807) is 30.5 Å². The molecule has 0 radical (unpaired) electrons. The lowest BCUT2D eigenvalue weighted by Gasteiger charge is -2.25. The Morgan fingerprint density at radius 2 is 1.84 bits per heavy atom. The van der Waals surface area contributed by atoms with Gasteiger partial charge in [0.15, 0.2) is 0 Å². The van der Waals surface area contributed by atoms with E-state index in [0.717, 1.165) is 5.56 Å². The van der Waals surface area contributed by atoms with Gasteiger partial charge in [0, 0.05) is 18.8 Å². The first kappa shape index (κ1) is 18.6. The van der Waals surface area contributed by atoms with Crippen LogP contribution in [0.3, 0.4) is 0 Å². The van der Waals surface area contributed by atoms with Crippen LogP contribution in [-0.2, 0) is 11.3 Å². The molecule has 0 aromatic heterocycles. The summed E-state index contributed by atoms with van der Waals surface area (Å²) in [6.07, 6.45) is 1.60. The monoisotopic (exact) mass is 353 g/mol. The zero-order valence-corrected chi connectivity index (χ0v) is 15.0. The molecule has 2 rings (SSSR count). The largest absolute Gasteiger partial charge is 0.369 e. The van der Waals surface area contributed by atoms with Crippen LogP contribution < -0.4 is 5.32 Å². The summed E-state index contributed by atoms with van der Waals surface area (Å²) in [5, 5.41) is 12.5. The van der Waals surface area contributed by atoms with Gasteiger partial charge in [-0.25, -0.2) is 0 Å². The Kier molecular flexibility index (Phi) is 6.62. The predicted octanol–water partition coefficient (Wildman–Crippen LogP) is 4.60. The molecule has 0 fully saturated rings. The molecule has 25 heavy (non-hydrogen) atoms. The number of carbonyl (C=O) groups excluding carboxylic acids is 1. The van der Waals surface area contributed by atoms with E-state index in [-0.39, 0.29) is 11.6 Å². The number of hydrogen-bond acceptors (Lipinski definition) is 3. The lowest BCUT2D eigenvalue weighted by molar-refractivity contribution is -0.112. The number of benzene rings is 2. The maximum atomic E-state index is 12.4. The van der Waals surface area contributed by atoms with Crippen LogP contribution in [0.15, 0.2) is 66.4 Å². The molecule has 0 saturated carbocycles. The van der Waals surface area contributed by atoms with Gasteiger partial charge in [-0.1, -0.05) is 54.1 Å². The van der Waals surface area contributed by atoms with Gasteiger partial charge < -0.3 is 10.2 Å². The van der Waals surface area contributed by atoms with Crippen molar-refractivity contribution in [2.45, 2.75) is 26.4 Å². The van der Waals surface area contributed by atoms with Crippen molar-refractivity contribution in [3.8, 4) is 6.07 Å². The summed E-state index contributed by atoms with van der Waals surface area (Å²) >= 11 is 6.05. The summed E-state index contributed by atoms with van der Waals surface area (Å²) in [5.41, 5.74) is 1.62. The van der Waals surface area contributed by atoms with Crippen LogP contribution in [0, 0.1) is 11.3 Å². The first-order chi connectivity index (χ1) is 12.0. The molecule has 0 heterocycles. The van der Waals surface area contributed by atoms with E-state index in [1.807, 2.05) is 55.1 Å². The van der Waals surface area contributed by atoms with E-state index in [1.165, 1.54) is 0 Å². The van der Waals surface area contributed by atoms with Crippen molar-refractivity contribution in [1.82, 2.24) is 4.90 Å². The van der Waals surface area contributed by atoms with Crippen molar-refractivity contribution < 1.29 is 4.79 Å². The molecule has 0 bridgehead atoms. The standard InChI is InChI=1S/C20H20ClN3O/c1-15(2)24(13-16-8-4-3-5-9-16)14-17(12-22)20(25)23-19-11-7-6-10-18(19)21/h3-11,14-15H,13H2,1-2H3,(H,23,25)/b17-14-. The Labute approximate surface area is 153 Å². The Hall–Kier alpha value is -2.77. The number of anilines is 1. The van der Waals surface area contributed by atoms with Crippen LogP contribution in [0.1, 0.15) is 19.4 Å². The first-order valence-corrected chi connectivity index (χ1v) is 8.36. The minimum atomic E-state index is -0.477. The van der Waals surface area contributed by atoms with Crippen LogP contribution in [0.2, 0.25) is 5.02 Å². The third kappa shape index (κ3) is 5.37. The number of nitrogens with one attached hydrogen (secondary N) is 1. The molecule has 0 unspecified atom stereocenters. The van der Waals surface area contributed by atoms with Gasteiger partial charge in [-0.2, -0.15) is 5.26 Å². The Balaban J connectivity index is 2.19. The summed E-state index contributed by atoms with van der Waals surface area (Å²) in [7, 11) is 0. The van der Waals surface area contributed by atoms with E-state index < -0.39 is 5.91 Å². The highest BCUT2D eigenvalue weighted by molar-refractivity contribution is 6.33. The Morgan fingerprint density at radius 1 is 1.20 bits per heavy atom. The minimum absolute atomic E-state index is 0.0320. The summed E-state index contributed by atoms with van der Waals surface area (Å²) in [6, 6.07) is 18.9. The molecule has 5 heteroatoms. The maximum absolute atomic E-state index is 12.4. The molecular formula is C20H20ClN3O. The van der Waals surface area contributed by atoms with Crippen LogP contribution in [-0.4, -0.2) is 16.8 Å². The molecule has 0 atom stereocenters. The average molecular weight is 354 g/mol. The number of para-hydroxylation sites is 1. The maximum Gasteiger partial charge on any atom is 0.267 e.